The lowest BCUT2D eigenvalue weighted by Crippen LogP contribution is -2.39. The van der Waals surface area contributed by atoms with E-state index in [4.69, 9.17) is 4.99 Å². The van der Waals surface area contributed by atoms with E-state index in [2.05, 4.69) is 209 Å². The molecule has 0 saturated heterocycles. The van der Waals surface area contributed by atoms with Crippen LogP contribution in [0.25, 0.3) is 81.8 Å². The van der Waals surface area contributed by atoms with Gasteiger partial charge in [-0.3, -0.25) is 4.57 Å². The summed E-state index contributed by atoms with van der Waals surface area (Å²) in [6.07, 6.45) is 2.32. The van der Waals surface area contributed by atoms with E-state index >= 15 is 0 Å². The maximum atomic E-state index is 5.53. The number of benzene rings is 8. The Balaban J connectivity index is 1.07. The van der Waals surface area contributed by atoms with Gasteiger partial charge in [0.15, 0.2) is 0 Å². The minimum atomic E-state index is 0.00871. The highest BCUT2D eigenvalue weighted by molar-refractivity contribution is 8.09. The van der Waals surface area contributed by atoms with Crippen molar-refractivity contribution in [1.82, 2.24) is 14.5 Å². The van der Waals surface area contributed by atoms with Gasteiger partial charge < -0.3 is 9.88 Å². The van der Waals surface area contributed by atoms with E-state index in [-0.39, 0.29) is 5.37 Å². The Morgan fingerprint density at radius 2 is 1.05 bits per heavy atom. The number of thioether (sulfide) groups is 1. The monoisotopic (exact) mass is 746 g/mol. The highest BCUT2D eigenvalue weighted by Crippen LogP contribution is 2.46. The van der Waals surface area contributed by atoms with Crippen LogP contribution in [0.15, 0.2) is 205 Å². The maximum absolute atomic E-state index is 5.53. The van der Waals surface area contributed by atoms with E-state index < -0.39 is 0 Å². The predicted molar refractivity (Wildman–Crippen MR) is 242 cm³/mol. The van der Waals surface area contributed by atoms with Crippen LogP contribution in [0, 0.1) is 0 Å². The van der Waals surface area contributed by atoms with Crippen LogP contribution in [0.2, 0.25) is 0 Å². The normalized spacial score (nSPS) is 15.4. The molecular formula is C52H34N4S. The SMILES string of the molecule is C1=C(c2ccccc2)SC2NC(n3c4ccc(-c5ccc6c(c5)c5ccccc5n6-c5ccccc5)cc4c4ccc5ccccc5c43)=NC(c3ccccc3)=C12. The summed E-state index contributed by atoms with van der Waals surface area (Å²) in [5.41, 5.74) is 12.8. The molecule has 1 atom stereocenters. The smallest absolute Gasteiger partial charge is 0.209 e. The molecule has 1 unspecified atom stereocenters. The zero-order valence-corrected chi connectivity index (χ0v) is 31.6. The lowest BCUT2D eigenvalue weighted by molar-refractivity contribution is 0.893. The van der Waals surface area contributed by atoms with E-state index in [9.17, 15) is 0 Å². The highest BCUT2D eigenvalue weighted by Gasteiger charge is 2.33. The Bertz CT molecular complexity index is 3330. The number of fused-ring (bicyclic) bond motifs is 9. The van der Waals surface area contributed by atoms with Crippen molar-refractivity contribution in [3.05, 3.63) is 211 Å². The Labute approximate surface area is 333 Å². The Morgan fingerprint density at radius 1 is 0.456 bits per heavy atom. The average molecular weight is 747 g/mol. The van der Waals surface area contributed by atoms with Gasteiger partial charge in [0.2, 0.25) is 5.96 Å². The largest absolute Gasteiger partial charge is 0.339 e. The summed E-state index contributed by atoms with van der Waals surface area (Å²) < 4.78 is 4.74. The highest BCUT2D eigenvalue weighted by atomic mass is 32.2. The van der Waals surface area contributed by atoms with E-state index in [1.54, 1.807) is 0 Å². The first-order valence-corrected chi connectivity index (χ1v) is 20.3. The molecular weight excluding hydrogens is 713 g/mol. The zero-order valence-electron chi connectivity index (χ0n) is 30.8. The summed E-state index contributed by atoms with van der Waals surface area (Å²) >= 11 is 1.86. The van der Waals surface area contributed by atoms with Crippen molar-refractivity contribution in [2.75, 3.05) is 0 Å². The summed E-state index contributed by atoms with van der Waals surface area (Å²) in [4.78, 5) is 6.78. The lowest BCUT2D eigenvalue weighted by atomic mass is 10.00. The van der Waals surface area contributed by atoms with E-state index in [1.807, 2.05) is 11.8 Å². The van der Waals surface area contributed by atoms with Gasteiger partial charge in [0, 0.05) is 48.7 Å². The second-order valence-electron chi connectivity index (χ2n) is 14.8. The van der Waals surface area contributed by atoms with Crippen molar-refractivity contribution in [3.63, 3.8) is 0 Å². The molecule has 0 fully saturated rings. The number of nitrogens with zero attached hydrogens (tertiary/aromatic N) is 3. The van der Waals surface area contributed by atoms with Crippen molar-refractivity contribution in [2.24, 2.45) is 4.99 Å². The number of nitrogens with one attached hydrogen (secondary N) is 1. The topological polar surface area (TPSA) is 34.2 Å². The first kappa shape index (κ1) is 32.2. The molecule has 4 nitrogen and oxygen atoms in total. The van der Waals surface area contributed by atoms with Crippen molar-refractivity contribution in [1.29, 1.82) is 0 Å². The molecule has 2 aliphatic heterocycles. The summed E-state index contributed by atoms with van der Waals surface area (Å²) in [6.45, 7) is 0. The van der Waals surface area contributed by atoms with Gasteiger partial charge in [-0.15, -0.1) is 0 Å². The standard InChI is InChI=1S/C52H34N4S/c1-4-15-34(16-5-1)48-32-44-49(35-17-6-2-7-18-35)53-52(54-51(44)57-48)56-47-29-26-37(31-43(47)41-27-24-33-14-10-11-21-39(33)50(41)56)36-25-28-46-42(30-36)40-22-12-13-23-45(40)55(46)38-19-8-3-9-20-38/h1-32,51H,(H,53,54). The van der Waals surface area contributed by atoms with Crippen LogP contribution in [0.3, 0.4) is 0 Å². The minimum Gasteiger partial charge on any atom is -0.339 e. The van der Waals surface area contributed by atoms with Gasteiger partial charge in [0.25, 0.3) is 0 Å². The van der Waals surface area contributed by atoms with Crippen LogP contribution in [0.4, 0.5) is 0 Å². The molecule has 2 aromatic heterocycles. The van der Waals surface area contributed by atoms with Gasteiger partial charge >= 0.3 is 0 Å². The van der Waals surface area contributed by atoms with E-state index in [0.29, 0.717) is 0 Å². The molecule has 268 valence electrons. The molecule has 12 rings (SSSR count). The maximum Gasteiger partial charge on any atom is 0.209 e. The number of hydrogen-bond donors (Lipinski definition) is 1. The van der Waals surface area contributed by atoms with E-state index in [1.165, 1.54) is 70.5 Å². The third-order valence-electron chi connectivity index (χ3n) is 11.6. The fourth-order valence-electron chi connectivity index (χ4n) is 8.94. The number of aliphatic imine (C=N–C) groups is 1. The second kappa shape index (κ2) is 12.7. The molecule has 10 aromatic rings. The van der Waals surface area contributed by atoms with Gasteiger partial charge in [-0.2, -0.15) is 0 Å². The van der Waals surface area contributed by atoms with Crippen LogP contribution >= 0.6 is 11.8 Å². The summed E-state index contributed by atoms with van der Waals surface area (Å²) in [5, 5.41) is 11.2. The summed E-state index contributed by atoms with van der Waals surface area (Å²) in [7, 11) is 0. The van der Waals surface area contributed by atoms with Gasteiger partial charge in [-0.05, 0) is 70.6 Å². The van der Waals surface area contributed by atoms with Crippen LogP contribution < -0.4 is 5.32 Å². The quantitative estimate of drug-likeness (QED) is 0.195. The van der Waals surface area contributed by atoms with Crippen LogP contribution in [0.5, 0.6) is 0 Å². The molecule has 2 aliphatic rings. The third kappa shape index (κ3) is 5.06. The van der Waals surface area contributed by atoms with Crippen LogP contribution in [-0.4, -0.2) is 20.5 Å². The van der Waals surface area contributed by atoms with Gasteiger partial charge in [-0.25, -0.2) is 4.99 Å². The molecule has 8 aromatic carbocycles. The molecule has 0 amide bonds. The Morgan fingerprint density at radius 3 is 1.81 bits per heavy atom. The first-order valence-electron chi connectivity index (χ1n) is 19.4. The molecule has 5 heteroatoms. The molecule has 0 radical (unpaired) electrons. The van der Waals surface area contributed by atoms with Gasteiger partial charge in [0.1, 0.15) is 5.37 Å². The third-order valence-corrected chi connectivity index (χ3v) is 12.8. The molecule has 0 spiro atoms. The molecule has 0 aliphatic carbocycles. The molecule has 1 N–H and O–H groups in total. The predicted octanol–water partition coefficient (Wildman–Crippen LogP) is 13.0. The van der Waals surface area contributed by atoms with Crippen molar-refractivity contribution in [2.45, 2.75) is 5.37 Å². The second-order valence-corrected chi connectivity index (χ2v) is 15.9. The lowest BCUT2D eigenvalue weighted by Gasteiger charge is -2.26. The number of para-hydroxylation sites is 2. The Kier molecular flexibility index (Phi) is 7.19. The fraction of sp³-hybridized carbons (Fsp3) is 0.0192. The fourth-order valence-corrected chi connectivity index (χ4v) is 10.1. The van der Waals surface area contributed by atoms with Crippen molar-refractivity contribution < 1.29 is 0 Å². The average Bonchev–Trinajstić information content (AvgIpc) is 3.97. The molecule has 4 heterocycles. The number of rotatable bonds is 4. The first-order chi connectivity index (χ1) is 28.3. The van der Waals surface area contributed by atoms with Crippen LogP contribution in [0.1, 0.15) is 11.1 Å². The number of hydrogen-bond acceptors (Lipinski definition) is 3. The summed E-state index contributed by atoms with van der Waals surface area (Å²) in [5.74, 6) is 0.831. The molecule has 0 bridgehead atoms. The van der Waals surface area contributed by atoms with Crippen molar-refractivity contribution in [3.8, 4) is 16.8 Å². The van der Waals surface area contributed by atoms with Crippen molar-refractivity contribution >= 4 is 82.7 Å². The van der Waals surface area contributed by atoms with E-state index in [0.717, 1.165) is 33.9 Å². The number of aromatic nitrogens is 2. The zero-order chi connectivity index (χ0) is 37.5. The summed E-state index contributed by atoms with van der Waals surface area (Å²) in [6, 6.07) is 67.8. The van der Waals surface area contributed by atoms with Crippen LogP contribution in [-0.2, 0) is 0 Å². The molecule has 0 saturated carbocycles. The minimum absolute atomic E-state index is 0.00871. The van der Waals surface area contributed by atoms with Gasteiger partial charge in [0.05, 0.1) is 27.8 Å². The molecule has 57 heavy (non-hydrogen) atoms. The Hall–Kier alpha value is -7.08. The van der Waals surface area contributed by atoms with Gasteiger partial charge in [-0.1, -0.05) is 157 Å².